The molecule has 0 bridgehead atoms. The number of carbonyl (C=O) groups excluding carboxylic acids is 2. The van der Waals surface area contributed by atoms with E-state index < -0.39 is 30.0 Å². The molecule has 1 fully saturated rings. The van der Waals surface area contributed by atoms with Crippen molar-refractivity contribution in [1.82, 2.24) is 4.90 Å². The van der Waals surface area contributed by atoms with Crippen LogP contribution in [-0.4, -0.2) is 40.8 Å². The zero-order chi connectivity index (χ0) is 21.8. The van der Waals surface area contributed by atoms with Crippen LogP contribution in [0.3, 0.4) is 0 Å². The van der Waals surface area contributed by atoms with Crippen LogP contribution in [0.2, 0.25) is 0 Å². The van der Waals surface area contributed by atoms with Gasteiger partial charge in [-0.05, 0) is 72.0 Å². The minimum Gasteiger partial charge on any atom is -0.443 e. The van der Waals surface area contributed by atoms with Gasteiger partial charge >= 0.3 is 13.2 Å². The molecule has 29 heavy (non-hydrogen) atoms. The molecule has 0 spiro atoms. The predicted molar refractivity (Wildman–Crippen MR) is 112 cm³/mol. The van der Waals surface area contributed by atoms with Crippen LogP contribution in [0, 0.1) is 0 Å². The first-order chi connectivity index (χ1) is 13.3. The number of nitrogens with zero attached hydrogens (tertiary/aromatic N) is 1. The van der Waals surface area contributed by atoms with E-state index in [1.54, 1.807) is 26.8 Å². The average molecular weight is 401 g/mol. The van der Waals surface area contributed by atoms with Crippen LogP contribution in [0.5, 0.6) is 0 Å². The number of benzene rings is 1. The molecule has 2 heterocycles. The van der Waals surface area contributed by atoms with Crippen molar-refractivity contribution in [1.29, 1.82) is 0 Å². The Bertz CT molecular complexity index is 811. The van der Waals surface area contributed by atoms with E-state index in [9.17, 15) is 9.59 Å². The van der Waals surface area contributed by atoms with E-state index >= 15 is 0 Å². The van der Waals surface area contributed by atoms with Crippen molar-refractivity contribution in [2.75, 3.05) is 0 Å². The summed E-state index contributed by atoms with van der Waals surface area (Å²) in [7, 11) is -0.516. The monoisotopic (exact) mass is 401 g/mol. The van der Waals surface area contributed by atoms with Crippen LogP contribution >= 0.6 is 0 Å². The lowest BCUT2D eigenvalue weighted by Gasteiger charge is -2.32. The molecule has 1 aromatic rings. The first-order valence-electron chi connectivity index (χ1n) is 10.3. The SMILES string of the molecule is CCCC1c2cc(B3OC(C)(C)C(C)(C)O3)ccc2C(=O)N1C(=O)OC(C)(C)C. The van der Waals surface area contributed by atoms with Crippen molar-refractivity contribution in [2.24, 2.45) is 0 Å². The number of carbonyl (C=O) groups is 2. The molecule has 1 unspecified atom stereocenters. The van der Waals surface area contributed by atoms with E-state index in [0.29, 0.717) is 12.0 Å². The maximum Gasteiger partial charge on any atom is 0.494 e. The largest absolute Gasteiger partial charge is 0.494 e. The number of ether oxygens (including phenoxy) is 1. The topological polar surface area (TPSA) is 65.1 Å². The van der Waals surface area contributed by atoms with Crippen molar-refractivity contribution in [3.63, 3.8) is 0 Å². The van der Waals surface area contributed by atoms with E-state index in [2.05, 4.69) is 0 Å². The Hall–Kier alpha value is -1.86. The van der Waals surface area contributed by atoms with Crippen molar-refractivity contribution in [3.8, 4) is 0 Å². The van der Waals surface area contributed by atoms with Gasteiger partial charge in [0.05, 0.1) is 17.2 Å². The Morgan fingerprint density at radius 2 is 1.76 bits per heavy atom. The number of amides is 2. The molecule has 3 rings (SSSR count). The number of imide groups is 1. The average Bonchev–Trinajstić information content (AvgIpc) is 2.96. The third-order valence-electron chi connectivity index (χ3n) is 5.87. The van der Waals surface area contributed by atoms with Crippen molar-refractivity contribution in [3.05, 3.63) is 29.3 Å². The smallest absolute Gasteiger partial charge is 0.443 e. The number of hydrogen-bond acceptors (Lipinski definition) is 5. The summed E-state index contributed by atoms with van der Waals surface area (Å²) in [5, 5.41) is 0. The van der Waals surface area contributed by atoms with Gasteiger partial charge in [-0.1, -0.05) is 25.5 Å². The second kappa shape index (κ2) is 7.13. The van der Waals surface area contributed by atoms with E-state index in [1.807, 2.05) is 46.8 Å². The summed E-state index contributed by atoms with van der Waals surface area (Å²) in [4.78, 5) is 27.0. The highest BCUT2D eigenvalue weighted by molar-refractivity contribution is 6.62. The molecule has 2 amide bonds. The second-order valence-corrected chi connectivity index (χ2v) is 9.89. The number of rotatable bonds is 3. The Morgan fingerprint density at radius 1 is 1.17 bits per heavy atom. The molecule has 0 saturated carbocycles. The molecule has 7 heteroatoms. The highest BCUT2D eigenvalue weighted by atomic mass is 16.7. The molecule has 0 N–H and O–H groups in total. The molecule has 0 aliphatic carbocycles. The third-order valence-corrected chi connectivity index (χ3v) is 5.87. The lowest BCUT2D eigenvalue weighted by molar-refractivity contribution is 0.00578. The van der Waals surface area contributed by atoms with Gasteiger partial charge in [0.15, 0.2) is 0 Å². The third kappa shape index (κ3) is 3.95. The summed E-state index contributed by atoms with van der Waals surface area (Å²) in [5.74, 6) is -0.312. The van der Waals surface area contributed by atoms with E-state index in [0.717, 1.165) is 17.4 Å². The summed E-state index contributed by atoms with van der Waals surface area (Å²) in [6, 6.07) is 5.21. The van der Waals surface area contributed by atoms with Gasteiger partial charge in [0.2, 0.25) is 0 Å². The van der Waals surface area contributed by atoms with E-state index in [1.165, 1.54) is 4.90 Å². The maximum atomic E-state index is 13.0. The Balaban J connectivity index is 1.95. The fourth-order valence-corrected chi connectivity index (χ4v) is 3.67. The van der Waals surface area contributed by atoms with Crippen molar-refractivity contribution >= 4 is 24.6 Å². The fourth-order valence-electron chi connectivity index (χ4n) is 3.67. The summed E-state index contributed by atoms with van der Waals surface area (Å²) >= 11 is 0. The first-order valence-corrected chi connectivity index (χ1v) is 10.3. The molecule has 2 aliphatic heterocycles. The van der Waals surface area contributed by atoms with Crippen LogP contribution < -0.4 is 5.46 Å². The molecule has 0 aromatic heterocycles. The normalized spacial score (nSPS) is 22.8. The van der Waals surface area contributed by atoms with Crippen LogP contribution in [0.15, 0.2) is 18.2 Å². The Morgan fingerprint density at radius 3 is 2.28 bits per heavy atom. The van der Waals surface area contributed by atoms with Crippen LogP contribution in [0.4, 0.5) is 4.79 Å². The molecule has 1 atom stereocenters. The molecule has 0 radical (unpaired) electrons. The quantitative estimate of drug-likeness (QED) is 0.710. The zero-order valence-corrected chi connectivity index (χ0v) is 18.8. The lowest BCUT2D eigenvalue weighted by Crippen LogP contribution is -2.41. The van der Waals surface area contributed by atoms with Crippen LogP contribution in [-0.2, 0) is 14.0 Å². The highest BCUT2D eigenvalue weighted by Gasteiger charge is 2.52. The Labute approximate surface area is 174 Å². The molecule has 6 nitrogen and oxygen atoms in total. The van der Waals surface area contributed by atoms with Gasteiger partial charge in [0.25, 0.3) is 5.91 Å². The van der Waals surface area contributed by atoms with Crippen LogP contribution in [0.25, 0.3) is 0 Å². The standard InChI is InChI=1S/C22H32BNO5/c1-9-10-17-16-13-14(23-28-21(5,6)22(7,8)29-23)11-12-15(16)18(25)24(17)19(26)27-20(2,3)4/h11-13,17H,9-10H2,1-8H3. The maximum absolute atomic E-state index is 13.0. The summed E-state index contributed by atoms with van der Waals surface area (Å²) < 4.78 is 17.8. The van der Waals surface area contributed by atoms with Gasteiger partial charge in [-0.15, -0.1) is 0 Å². The highest BCUT2D eigenvalue weighted by Crippen LogP contribution is 2.39. The lowest BCUT2D eigenvalue weighted by atomic mass is 9.77. The van der Waals surface area contributed by atoms with Gasteiger partial charge in [-0.3, -0.25) is 4.79 Å². The minimum absolute atomic E-state index is 0.312. The fraction of sp³-hybridized carbons (Fsp3) is 0.636. The van der Waals surface area contributed by atoms with E-state index in [4.69, 9.17) is 14.0 Å². The van der Waals surface area contributed by atoms with Gasteiger partial charge in [0, 0.05) is 5.56 Å². The summed E-state index contributed by atoms with van der Waals surface area (Å²) in [6.07, 6.45) is 0.900. The second-order valence-electron chi connectivity index (χ2n) is 9.89. The summed E-state index contributed by atoms with van der Waals surface area (Å²) in [6.45, 7) is 15.5. The van der Waals surface area contributed by atoms with Gasteiger partial charge in [-0.2, -0.15) is 0 Å². The molecule has 2 aliphatic rings. The molecular weight excluding hydrogens is 369 g/mol. The van der Waals surface area contributed by atoms with Gasteiger partial charge in [0.1, 0.15) is 5.60 Å². The molecular formula is C22H32BNO5. The summed E-state index contributed by atoms with van der Waals surface area (Å²) in [5.41, 5.74) is 0.652. The van der Waals surface area contributed by atoms with Crippen molar-refractivity contribution in [2.45, 2.75) is 91.1 Å². The predicted octanol–water partition coefficient (Wildman–Crippen LogP) is 4.22. The Kier molecular flexibility index (Phi) is 5.37. The molecule has 1 saturated heterocycles. The zero-order valence-electron chi connectivity index (χ0n) is 18.8. The van der Waals surface area contributed by atoms with Gasteiger partial charge < -0.3 is 14.0 Å². The minimum atomic E-state index is -0.670. The van der Waals surface area contributed by atoms with Crippen LogP contribution in [0.1, 0.15) is 90.2 Å². The number of fused-ring (bicyclic) bond motifs is 1. The molecule has 1 aromatic carbocycles. The van der Waals surface area contributed by atoms with Gasteiger partial charge in [-0.25, -0.2) is 9.69 Å². The molecule has 158 valence electrons. The first kappa shape index (κ1) is 21.8. The number of hydrogen-bond donors (Lipinski definition) is 0. The van der Waals surface area contributed by atoms with E-state index in [-0.39, 0.29) is 11.9 Å². The van der Waals surface area contributed by atoms with Crippen molar-refractivity contribution < 1.29 is 23.6 Å².